The maximum atomic E-state index is 12.4. The van der Waals surface area contributed by atoms with Gasteiger partial charge in [-0.2, -0.15) is 0 Å². The van der Waals surface area contributed by atoms with Crippen LogP contribution in [0.1, 0.15) is 51.5 Å². The van der Waals surface area contributed by atoms with Crippen molar-refractivity contribution in [3.63, 3.8) is 0 Å². The molecular formula is C28H34N2O2. The van der Waals surface area contributed by atoms with E-state index in [2.05, 4.69) is 54.4 Å². The van der Waals surface area contributed by atoms with Gasteiger partial charge in [-0.05, 0) is 54.7 Å². The van der Waals surface area contributed by atoms with Gasteiger partial charge in [-0.25, -0.2) is 0 Å². The maximum absolute atomic E-state index is 12.4. The molecule has 0 radical (unpaired) electrons. The quantitative estimate of drug-likeness (QED) is 0.480. The van der Waals surface area contributed by atoms with Crippen molar-refractivity contribution < 1.29 is 9.53 Å². The van der Waals surface area contributed by atoms with Crippen LogP contribution in [-0.2, 0) is 4.79 Å². The molecular weight excluding hydrogens is 396 g/mol. The van der Waals surface area contributed by atoms with Crippen molar-refractivity contribution in [1.29, 1.82) is 0 Å². The minimum absolute atomic E-state index is 0.188. The zero-order valence-corrected chi connectivity index (χ0v) is 19.5. The van der Waals surface area contributed by atoms with Gasteiger partial charge in [-0.15, -0.1) is 0 Å². The van der Waals surface area contributed by atoms with E-state index in [1.807, 2.05) is 31.0 Å². The maximum Gasteiger partial charge on any atom is 0.225 e. The molecule has 1 saturated heterocycles. The van der Waals surface area contributed by atoms with Gasteiger partial charge < -0.3 is 9.64 Å². The van der Waals surface area contributed by atoms with Crippen LogP contribution in [0, 0.1) is 12.8 Å². The third-order valence-corrected chi connectivity index (χ3v) is 6.70. The lowest BCUT2D eigenvalue weighted by molar-refractivity contribution is -0.140. The average molecular weight is 431 g/mol. The van der Waals surface area contributed by atoms with Crippen molar-refractivity contribution in [2.24, 2.45) is 5.92 Å². The van der Waals surface area contributed by atoms with Crippen molar-refractivity contribution in [2.75, 3.05) is 13.1 Å². The van der Waals surface area contributed by atoms with Crippen molar-refractivity contribution in [3.05, 3.63) is 60.3 Å². The number of aromatic nitrogens is 1. The lowest BCUT2D eigenvalue weighted by atomic mass is 9.84. The molecule has 1 amide bonds. The molecule has 0 atom stereocenters. The number of piperidine rings is 1. The molecule has 1 saturated carbocycles. The van der Waals surface area contributed by atoms with E-state index < -0.39 is 0 Å². The van der Waals surface area contributed by atoms with Crippen LogP contribution in [0.25, 0.3) is 22.0 Å². The van der Waals surface area contributed by atoms with Gasteiger partial charge in [0.25, 0.3) is 0 Å². The first-order valence-electron chi connectivity index (χ1n) is 12.1. The molecule has 2 heterocycles. The normalized spacial score (nSPS) is 16.8. The zero-order chi connectivity index (χ0) is 22.5. The van der Waals surface area contributed by atoms with Gasteiger partial charge in [-0.3, -0.25) is 9.78 Å². The Balaban J connectivity index is 0.00000119. The van der Waals surface area contributed by atoms with Crippen LogP contribution in [-0.4, -0.2) is 35.0 Å². The number of rotatable bonds is 4. The number of amides is 1. The summed E-state index contributed by atoms with van der Waals surface area (Å²) in [6.07, 6.45) is 7.23. The number of benzene rings is 2. The number of likely N-dealkylation sites (tertiary alicyclic amines) is 1. The Hall–Kier alpha value is -2.88. The van der Waals surface area contributed by atoms with Crippen molar-refractivity contribution in [3.8, 4) is 16.9 Å². The van der Waals surface area contributed by atoms with E-state index in [9.17, 15) is 4.79 Å². The van der Waals surface area contributed by atoms with Gasteiger partial charge in [0, 0.05) is 43.4 Å². The van der Waals surface area contributed by atoms with Gasteiger partial charge in [0.05, 0.1) is 5.52 Å². The van der Waals surface area contributed by atoms with Crippen LogP contribution in [0.4, 0.5) is 0 Å². The highest BCUT2D eigenvalue weighted by molar-refractivity contribution is 5.88. The number of aryl methyl sites for hydroxylation is 1. The highest BCUT2D eigenvalue weighted by Crippen LogP contribution is 2.31. The molecule has 2 aromatic carbocycles. The molecule has 0 bridgehead atoms. The van der Waals surface area contributed by atoms with E-state index >= 15 is 0 Å². The standard InChI is InChI=1S/C26H28N2O2.C2H6/c1-18-24(12-9-20-6-3-15-27-25(18)20)19-7-10-22(11-8-19)30-23-13-16-28(17-14-23)26(29)21-4-2-5-21;1-2/h3,6-12,15,21,23H,2,4-5,13-14,16-17H2,1H3;1-2H3. The van der Waals surface area contributed by atoms with Gasteiger partial charge in [-0.1, -0.05) is 50.6 Å². The Morgan fingerprint density at radius 2 is 1.69 bits per heavy atom. The summed E-state index contributed by atoms with van der Waals surface area (Å²) in [7, 11) is 0. The summed E-state index contributed by atoms with van der Waals surface area (Å²) in [6.45, 7) is 7.77. The second-order valence-corrected chi connectivity index (χ2v) is 8.61. The summed E-state index contributed by atoms with van der Waals surface area (Å²) in [5.74, 6) is 1.56. The smallest absolute Gasteiger partial charge is 0.225 e. The van der Waals surface area contributed by atoms with Crippen molar-refractivity contribution >= 4 is 16.8 Å². The van der Waals surface area contributed by atoms with Crippen molar-refractivity contribution in [2.45, 2.75) is 59.0 Å². The summed E-state index contributed by atoms with van der Waals surface area (Å²) in [5.41, 5.74) is 4.63. The Morgan fingerprint density at radius 3 is 2.34 bits per heavy atom. The Bertz CT molecular complexity index is 1050. The van der Waals surface area contributed by atoms with Crippen LogP contribution in [0.2, 0.25) is 0 Å². The monoisotopic (exact) mass is 430 g/mol. The third-order valence-electron chi connectivity index (χ3n) is 6.70. The molecule has 2 fully saturated rings. The van der Waals surface area contributed by atoms with Crippen LogP contribution in [0.5, 0.6) is 5.75 Å². The highest BCUT2D eigenvalue weighted by Gasteiger charge is 2.32. The number of ether oxygens (including phenoxy) is 1. The predicted molar refractivity (Wildman–Crippen MR) is 131 cm³/mol. The van der Waals surface area contributed by atoms with Gasteiger partial charge in [0.2, 0.25) is 5.91 Å². The SMILES string of the molecule is CC.Cc1c(-c2ccc(OC3CCN(C(=O)C4CCC4)CC3)cc2)ccc2cccnc12. The number of fused-ring (bicyclic) bond motifs is 1. The first kappa shape index (κ1) is 22.3. The zero-order valence-electron chi connectivity index (χ0n) is 19.5. The molecule has 168 valence electrons. The molecule has 0 spiro atoms. The first-order chi connectivity index (χ1) is 15.7. The fourth-order valence-corrected chi connectivity index (χ4v) is 4.62. The van der Waals surface area contributed by atoms with Gasteiger partial charge >= 0.3 is 0 Å². The number of nitrogens with zero attached hydrogens (tertiary/aromatic N) is 2. The molecule has 1 aliphatic carbocycles. The second-order valence-electron chi connectivity index (χ2n) is 8.61. The molecule has 4 nitrogen and oxygen atoms in total. The fraction of sp³-hybridized carbons (Fsp3) is 0.429. The van der Waals surface area contributed by atoms with E-state index in [1.165, 1.54) is 28.5 Å². The topological polar surface area (TPSA) is 42.4 Å². The summed E-state index contributed by atoms with van der Waals surface area (Å²) < 4.78 is 6.23. The fourth-order valence-electron chi connectivity index (χ4n) is 4.62. The Kier molecular flexibility index (Phi) is 7.09. The average Bonchev–Trinajstić information content (AvgIpc) is 2.81. The number of carbonyl (C=O) groups excluding carboxylic acids is 1. The minimum atomic E-state index is 0.188. The van der Waals surface area contributed by atoms with E-state index in [1.54, 1.807) is 0 Å². The summed E-state index contributed by atoms with van der Waals surface area (Å²) in [6, 6.07) is 16.7. The largest absolute Gasteiger partial charge is 0.490 e. The summed E-state index contributed by atoms with van der Waals surface area (Å²) in [5, 5.41) is 1.17. The van der Waals surface area contributed by atoms with Crippen LogP contribution in [0.3, 0.4) is 0 Å². The molecule has 0 unspecified atom stereocenters. The van der Waals surface area contributed by atoms with E-state index in [4.69, 9.17) is 4.74 Å². The first-order valence-corrected chi connectivity index (χ1v) is 12.1. The van der Waals surface area contributed by atoms with Gasteiger partial charge in [0.15, 0.2) is 0 Å². The minimum Gasteiger partial charge on any atom is -0.490 e. The number of pyridine rings is 1. The molecule has 3 aromatic rings. The number of carbonyl (C=O) groups is 1. The molecule has 5 rings (SSSR count). The second kappa shape index (κ2) is 10.2. The van der Waals surface area contributed by atoms with Gasteiger partial charge in [0.1, 0.15) is 11.9 Å². The molecule has 2 aliphatic rings. The van der Waals surface area contributed by atoms with Crippen molar-refractivity contribution in [1.82, 2.24) is 9.88 Å². The third kappa shape index (κ3) is 4.64. The molecule has 4 heteroatoms. The molecule has 1 aliphatic heterocycles. The molecule has 0 N–H and O–H groups in total. The van der Waals surface area contributed by atoms with E-state index in [0.29, 0.717) is 11.8 Å². The summed E-state index contributed by atoms with van der Waals surface area (Å²) in [4.78, 5) is 19.0. The number of hydrogen-bond donors (Lipinski definition) is 0. The molecule has 1 aromatic heterocycles. The highest BCUT2D eigenvalue weighted by atomic mass is 16.5. The van der Waals surface area contributed by atoms with E-state index in [-0.39, 0.29) is 6.10 Å². The van der Waals surface area contributed by atoms with E-state index in [0.717, 1.165) is 50.0 Å². The number of hydrogen-bond acceptors (Lipinski definition) is 3. The lowest BCUT2D eigenvalue weighted by Gasteiger charge is -2.36. The molecule has 32 heavy (non-hydrogen) atoms. The Labute approximate surface area is 191 Å². The lowest BCUT2D eigenvalue weighted by Crippen LogP contribution is -2.45. The van der Waals surface area contributed by atoms with Crippen LogP contribution in [0.15, 0.2) is 54.7 Å². The predicted octanol–water partition coefficient (Wildman–Crippen LogP) is 6.41. The Morgan fingerprint density at radius 1 is 0.969 bits per heavy atom. The van der Waals surface area contributed by atoms with Crippen LogP contribution < -0.4 is 4.74 Å². The van der Waals surface area contributed by atoms with Crippen LogP contribution >= 0.6 is 0 Å². The summed E-state index contributed by atoms with van der Waals surface area (Å²) >= 11 is 0.